The highest BCUT2D eigenvalue weighted by atomic mass is 32.1. The van der Waals surface area contributed by atoms with Crippen molar-refractivity contribution in [2.45, 2.75) is 38.1 Å². The summed E-state index contributed by atoms with van der Waals surface area (Å²) in [6, 6.07) is 13.0. The molecule has 27 heavy (non-hydrogen) atoms. The van der Waals surface area contributed by atoms with Gasteiger partial charge in [0.05, 0.1) is 17.3 Å². The van der Waals surface area contributed by atoms with Crippen molar-refractivity contribution in [3.63, 3.8) is 0 Å². The fourth-order valence-corrected chi connectivity index (χ4v) is 3.82. The lowest BCUT2D eigenvalue weighted by atomic mass is 10.0. The Labute approximate surface area is 161 Å². The zero-order valence-electron chi connectivity index (χ0n) is 15.1. The quantitative estimate of drug-likeness (QED) is 0.685. The number of hydrogen-bond acceptors (Lipinski definition) is 4. The molecular formula is C21H21N3O2S. The summed E-state index contributed by atoms with van der Waals surface area (Å²) in [5.74, 6) is 1.03. The molecule has 0 aliphatic heterocycles. The van der Waals surface area contributed by atoms with Crippen molar-refractivity contribution in [2.24, 2.45) is 0 Å². The molecule has 0 radical (unpaired) electrons. The van der Waals surface area contributed by atoms with Crippen LogP contribution >= 0.6 is 11.3 Å². The first-order chi connectivity index (χ1) is 13.1. The second kappa shape index (κ2) is 7.48. The Balaban J connectivity index is 1.60. The summed E-state index contributed by atoms with van der Waals surface area (Å²) in [4.78, 5) is 33.3. The highest BCUT2D eigenvalue weighted by Gasteiger charge is 2.27. The molecule has 0 spiro atoms. The van der Waals surface area contributed by atoms with Gasteiger partial charge in [-0.05, 0) is 31.4 Å². The number of carbonyl (C=O) groups excluding carboxylic acids is 1. The number of amides is 1. The van der Waals surface area contributed by atoms with Gasteiger partial charge < -0.3 is 10.3 Å². The molecule has 2 heterocycles. The van der Waals surface area contributed by atoms with E-state index in [1.54, 1.807) is 11.3 Å². The molecule has 6 heteroatoms. The summed E-state index contributed by atoms with van der Waals surface area (Å²) >= 11 is 1.56. The van der Waals surface area contributed by atoms with Crippen LogP contribution in [0.5, 0.6) is 0 Å². The predicted octanol–water partition coefficient (Wildman–Crippen LogP) is 3.73. The second-order valence-corrected chi connectivity index (χ2v) is 8.10. The van der Waals surface area contributed by atoms with Gasteiger partial charge in [-0.2, -0.15) is 0 Å². The summed E-state index contributed by atoms with van der Waals surface area (Å²) in [5.41, 5.74) is 2.23. The average molecular weight is 379 g/mol. The number of nitrogens with one attached hydrogen (secondary N) is 2. The minimum atomic E-state index is -0.250. The lowest BCUT2D eigenvalue weighted by Gasteiger charge is -2.19. The topological polar surface area (TPSA) is 74.8 Å². The number of aromatic amines is 1. The highest BCUT2D eigenvalue weighted by molar-refractivity contribution is 7.10. The fourth-order valence-electron chi connectivity index (χ4n) is 3.13. The van der Waals surface area contributed by atoms with E-state index in [2.05, 4.69) is 15.3 Å². The molecule has 2 N–H and O–H groups in total. The summed E-state index contributed by atoms with van der Waals surface area (Å²) in [7, 11) is 0. The average Bonchev–Trinajstić information content (AvgIpc) is 3.42. The molecule has 3 aromatic rings. The number of benzene rings is 1. The van der Waals surface area contributed by atoms with E-state index in [4.69, 9.17) is 0 Å². The van der Waals surface area contributed by atoms with E-state index in [1.165, 1.54) is 6.07 Å². The van der Waals surface area contributed by atoms with Crippen LogP contribution < -0.4 is 10.9 Å². The predicted molar refractivity (Wildman–Crippen MR) is 106 cm³/mol. The van der Waals surface area contributed by atoms with Gasteiger partial charge in [-0.15, -0.1) is 11.3 Å². The molecular weight excluding hydrogens is 358 g/mol. The van der Waals surface area contributed by atoms with E-state index in [0.717, 1.165) is 29.1 Å². The minimum absolute atomic E-state index is 0.111. The van der Waals surface area contributed by atoms with Gasteiger partial charge in [0.25, 0.3) is 11.5 Å². The molecule has 4 rings (SSSR count). The van der Waals surface area contributed by atoms with E-state index in [-0.39, 0.29) is 17.5 Å². The third-order valence-corrected chi connectivity index (χ3v) is 5.55. The van der Waals surface area contributed by atoms with Crippen molar-refractivity contribution in [2.75, 3.05) is 0 Å². The van der Waals surface area contributed by atoms with Crippen molar-refractivity contribution in [1.29, 1.82) is 0 Å². The van der Waals surface area contributed by atoms with Crippen LogP contribution in [0.3, 0.4) is 0 Å². The van der Waals surface area contributed by atoms with Crippen LogP contribution in [-0.2, 0) is 6.42 Å². The Hall–Kier alpha value is -2.73. The van der Waals surface area contributed by atoms with Crippen molar-refractivity contribution >= 4 is 17.2 Å². The van der Waals surface area contributed by atoms with Gasteiger partial charge in [0.1, 0.15) is 5.82 Å². The molecule has 1 saturated carbocycles. The van der Waals surface area contributed by atoms with Gasteiger partial charge in [-0.1, -0.05) is 30.3 Å². The van der Waals surface area contributed by atoms with Crippen LogP contribution in [-0.4, -0.2) is 15.9 Å². The van der Waals surface area contributed by atoms with Crippen LogP contribution in [0.2, 0.25) is 0 Å². The first-order valence-corrected chi connectivity index (χ1v) is 9.97. The molecule has 5 nitrogen and oxygen atoms in total. The van der Waals surface area contributed by atoms with E-state index >= 15 is 0 Å². The van der Waals surface area contributed by atoms with Crippen LogP contribution in [0.25, 0.3) is 0 Å². The Morgan fingerprint density at radius 2 is 2.07 bits per heavy atom. The normalized spacial score (nSPS) is 14.7. The number of aromatic nitrogens is 2. The van der Waals surface area contributed by atoms with Crippen molar-refractivity contribution in [1.82, 2.24) is 15.3 Å². The third-order valence-electron chi connectivity index (χ3n) is 4.69. The van der Waals surface area contributed by atoms with Gasteiger partial charge in [0.2, 0.25) is 0 Å². The lowest BCUT2D eigenvalue weighted by molar-refractivity contribution is 0.0936. The standard InChI is InChI=1S/C21H21N3O2S/c1-13-9-16(12-27-13)21(26)23-18(14-5-3-2-4-6-14)10-17-11-19(25)24-20(22-17)15-7-8-15/h2-6,9,11-12,15,18H,7-8,10H2,1H3,(H,23,26)(H,22,24,25)/t18-/m0/s1. The molecule has 0 bridgehead atoms. The summed E-state index contributed by atoms with van der Waals surface area (Å²) < 4.78 is 0. The van der Waals surface area contributed by atoms with Crippen LogP contribution in [0.1, 0.15) is 57.1 Å². The fraction of sp³-hybridized carbons (Fsp3) is 0.286. The van der Waals surface area contributed by atoms with E-state index in [1.807, 2.05) is 48.7 Å². The van der Waals surface area contributed by atoms with E-state index in [0.29, 0.717) is 23.6 Å². The van der Waals surface area contributed by atoms with E-state index in [9.17, 15) is 9.59 Å². The first-order valence-electron chi connectivity index (χ1n) is 9.09. The zero-order chi connectivity index (χ0) is 18.8. The van der Waals surface area contributed by atoms with Crippen LogP contribution in [0.4, 0.5) is 0 Å². The number of aryl methyl sites for hydroxylation is 1. The molecule has 0 saturated heterocycles. The molecule has 1 aliphatic carbocycles. The monoisotopic (exact) mass is 379 g/mol. The SMILES string of the molecule is Cc1cc(C(=O)N[C@@H](Cc2cc(=O)[nH]c(C3CC3)n2)c2ccccc2)cs1. The van der Waals surface area contributed by atoms with Crippen molar-refractivity contribution < 1.29 is 4.79 Å². The number of carbonyl (C=O) groups is 1. The Morgan fingerprint density at radius 3 is 2.74 bits per heavy atom. The molecule has 1 aliphatic rings. The molecule has 1 atom stereocenters. The van der Waals surface area contributed by atoms with Crippen molar-refractivity contribution in [3.05, 3.63) is 85.7 Å². The molecule has 1 fully saturated rings. The van der Waals surface area contributed by atoms with Gasteiger partial charge in [-0.3, -0.25) is 9.59 Å². The second-order valence-electron chi connectivity index (χ2n) is 6.98. The maximum absolute atomic E-state index is 12.7. The van der Waals surface area contributed by atoms with E-state index < -0.39 is 0 Å². The first kappa shape index (κ1) is 17.7. The summed E-state index contributed by atoms with van der Waals surface area (Å²) in [6.07, 6.45) is 2.62. The molecule has 1 amide bonds. The number of thiophene rings is 1. The summed E-state index contributed by atoms with van der Waals surface area (Å²) in [5, 5.41) is 4.98. The minimum Gasteiger partial charge on any atom is -0.345 e. The molecule has 1 aromatic carbocycles. The van der Waals surface area contributed by atoms with Gasteiger partial charge in [0, 0.05) is 28.7 Å². The molecule has 138 valence electrons. The summed E-state index contributed by atoms with van der Waals surface area (Å²) in [6.45, 7) is 1.98. The highest BCUT2D eigenvalue weighted by Crippen LogP contribution is 2.37. The van der Waals surface area contributed by atoms with Crippen molar-refractivity contribution in [3.8, 4) is 0 Å². The number of hydrogen-bond donors (Lipinski definition) is 2. The maximum Gasteiger partial charge on any atom is 0.252 e. The van der Waals surface area contributed by atoms with Gasteiger partial charge in [0.15, 0.2) is 0 Å². The Bertz CT molecular complexity index is 1010. The largest absolute Gasteiger partial charge is 0.345 e. The van der Waals surface area contributed by atoms with Crippen LogP contribution in [0.15, 0.2) is 52.6 Å². The Morgan fingerprint density at radius 1 is 1.30 bits per heavy atom. The van der Waals surface area contributed by atoms with Gasteiger partial charge in [-0.25, -0.2) is 4.98 Å². The lowest BCUT2D eigenvalue weighted by Crippen LogP contribution is -2.30. The molecule has 0 unspecified atom stereocenters. The van der Waals surface area contributed by atoms with Gasteiger partial charge >= 0.3 is 0 Å². The molecule has 2 aromatic heterocycles. The number of nitrogens with zero attached hydrogens (tertiary/aromatic N) is 1. The smallest absolute Gasteiger partial charge is 0.252 e. The maximum atomic E-state index is 12.7. The number of rotatable bonds is 6. The van der Waals surface area contributed by atoms with Crippen LogP contribution in [0, 0.1) is 6.92 Å². The third kappa shape index (κ3) is 4.34. The number of H-pyrrole nitrogens is 1. The Kier molecular flexibility index (Phi) is 4.90. The zero-order valence-corrected chi connectivity index (χ0v) is 15.9.